The zero-order chi connectivity index (χ0) is 10.6. The molecular weight excluding hydrogens is 178 g/mol. The SMILES string of the molecule is CCNC(CC)(C(=O)OCC)C1CC1. The van der Waals surface area contributed by atoms with Gasteiger partial charge < -0.3 is 10.1 Å². The minimum Gasteiger partial charge on any atom is -0.465 e. The second kappa shape index (κ2) is 4.78. The van der Waals surface area contributed by atoms with E-state index < -0.39 is 5.54 Å². The van der Waals surface area contributed by atoms with Gasteiger partial charge in [-0.2, -0.15) is 0 Å². The van der Waals surface area contributed by atoms with Gasteiger partial charge in [0.25, 0.3) is 0 Å². The first-order valence-corrected chi connectivity index (χ1v) is 5.63. The summed E-state index contributed by atoms with van der Waals surface area (Å²) in [5, 5.41) is 3.32. The van der Waals surface area contributed by atoms with Gasteiger partial charge in [0, 0.05) is 0 Å². The summed E-state index contributed by atoms with van der Waals surface area (Å²) >= 11 is 0. The highest BCUT2D eigenvalue weighted by molar-refractivity contribution is 5.81. The number of ether oxygens (including phenoxy) is 1. The van der Waals surface area contributed by atoms with Crippen LogP contribution in [0, 0.1) is 5.92 Å². The average molecular weight is 199 g/mol. The maximum Gasteiger partial charge on any atom is 0.326 e. The molecule has 14 heavy (non-hydrogen) atoms. The van der Waals surface area contributed by atoms with Crippen molar-refractivity contribution in [2.75, 3.05) is 13.2 Å². The van der Waals surface area contributed by atoms with E-state index in [9.17, 15) is 4.79 Å². The molecule has 82 valence electrons. The second-order valence-corrected chi connectivity index (χ2v) is 3.85. The fraction of sp³-hybridized carbons (Fsp3) is 0.909. The first-order chi connectivity index (χ1) is 6.71. The van der Waals surface area contributed by atoms with Crippen molar-refractivity contribution in [2.24, 2.45) is 5.92 Å². The van der Waals surface area contributed by atoms with Crippen LogP contribution in [0.2, 0.25) is 0 Å². The normalized spacial score (nSPS) is 20.2. The smallest absolute Gasteiger partial charge is 0.326 e. The van der Waals surface area contributed by atoms with Crippen LogP contribution in [-0.4, -0.2) is 24.7 Å². The first kappa shape index (κ1) is 11.5. The zero-order valence-corrected chi connectivity index (χ0v) is 9.43. The Morgan fingerprint density at radius 1 is 1.43 bits per heavy atom. The third-order valence-electron chi connectivity index (χ3n) is 2.96. The molecule has 0 radical (unpaired) electrons. The number of rotatable bonds is 6. The highest BCUT2D eigenvalue weighted by Gasteiger charge is 2.50. The van der Waals surface area contributed by atoms with Gasteiger partial charge in [-0.1, -0.05) is 13.8 Å². The van der Waals surface area contributed by atoms with Gasteiger partial charge in [0.05, 0.1) is 6.61 Å². The van der Waals surface area contributed by atoms with E-state index in [1.54, 1.807) is 0 Å². The van der Waals surface area contributed by atoms with Crippen molar-refractivity contribution in [2.45, 2.75) is 45.6 Å². The minimum atomic E-state index is -0.398. The van der Waals surface area contributed by atoms with E-state index in [1.807, 2.05) is 13.8 Å². The van der Waals surface area contributed by atoms with Gasteiger partial charge in [0.15, 0.2) is 0 Å². The van der Waals surface area contributed by atoms with Crippen molar-refractivity contribution < 1.29 is 9.53 Å². The third-order valence-corrected chi connectivity index (χ3v) is 2.96. The molecule has 3 heteroatoms. The topological polar surface area (TPSA) is 38.3 Å². The van der Waals surface area contributed by atoms with E-state index >= 15 is 0 Å². The summed E-state index contributed by atoms with van der Waals surface area (Å²) in [7, 11) is 0. The number of hydrogen-bond acceptors (Lipinski definition) is 3. The standard InChI is InChI=1S/C11H21NO2/c1-4-11(12-5-2,9-7-8-9)10(13)14-6-3/h9,12H,4-8H2,1-3H3. The molecule has 0 bridgehead atoms. The summed E-state index contributed by atoms with van der Waals surface area (Å²) in [5.74, 6) is 0.429. The van der Waals surface area contributed by atoms with Gasteiger partial charge in [-0.25, -0.2) is 0 Å². The lowest BCUT2D eigenvalue weighted by atomic mass is 9.90. The Morgan fingerprint density at radius 3 is 2.43 bits per heavy atom. The van der Waals surface area contributed by atoms with Crippen molar-refractivity contribution in [1.82, 2.24) is 5.32 Å². The van der Waals surface area contributed by atoms with Crippen LogP contribution in [0.4, 0.5) is 0 Å². The molecule has 1 aliphatic rings. The highest BCUT2D eigenvalue weighted by Crippen LogP contribution is 2.42. The van der Waals surface area contributed by atoms with Crippen LogP contribution in [0.3, 0.4) is 0 Å². The largest absolute Gasteiger partial charge is 0.465 e. The van der Waals surface area contributed by atoms with Crippen LogP contribution in [-0.2, 0) is 9.53 Å². The lowest BCUT2D eigenvalue weighted by molar-refractivity contribution is -0.152. The summed E-state index contributed by atoms with van der Waals surface area (Å²) in [6, 6.07) is 0. The van der Waals surface area contributed by atoms with Gasteiger partial charge in [-0.05, 0) is 38.6 Å². The van der Waals surface area contributed by atoms with Crippen molar-refractivity contribution >= 4 is 5.97 Å². The number of nitrogens with one attached hydrogen (secondary N) is 1. The Labute approximate surface area is 86.2 Å². The average Bonchev–Trinajstić information content (AvgIpc) is 2.98. The Hall–Kier alpha value is -0.570. The van der Waals surface area contributed by atoms with E-state index in [1.165, 1.54) is 0 Å². The Morgan fingerprint density at radius 2 is 2.07 bits per heavy atom. The molecule has 1 atom stereocenters. The minimum absolute atomic E-state index is 0.0631. The summed E-state index contributed by atoms with van der Waals surface area (Å²) < 4.78 is 5.15. The Balaban J connectivity index is 2.71. The number of hydrogen-bond donors (Lipinski definition) is 1. The van der Waals surface area contributed by atoms with Crippen molar-refractivity contribution in [3.63, 3.8) is 0 Å². The highest BCUT2D eigenvalue weighted by atomic mass is 16.5. The summed E-state index contributed by atoms with van der Waals surface area (Å²) in [6.45, 7) is 7.24. The Kier molecular flexibility index (Phi) is 3.93. The number of esters is 1. The van der Waals surface area contributed by atoms with E-state index in [2.05, 4.69) is 12.2 Å². The molecule has 0 amide bonds. The molecule has 0 aromatic carbocycles. The van der Waals surface area contributed by atoms with Crippen molar-refractivity contribution in [3.8, 4) is 0 Å². The molecule has 0 aliphatic heterocycles. The van der Waals surface area contributed by atoms with Crippen LogP contribution in [0.1, 0.15) is 40.0 Å². The predicted octanol–water partition coefficient (Wildman–Crippen LogP) is 1.72. The van der Waals surface area contributed by atoms with Crippen molar-refractivity contribution in [3.05, 3.63) is 0 Å². The van der Waals surface area contributed by atoms with Crippen LogP contribution in [0.5, 0.6) is 0 Å². The molecule has 1 fully saturated rings. The van der Waals surface area contributed by atoms with Crippen LogP contribution < -0.4 is 5.32 Å². The first-order valence-electron chi connectivity index (χ1n) is 5.63. The van der Waals surface area contributed by atoms with Gasteiger partial charge in [-0.3, -0.25) is 4.79 Å². The Bertz CT molecular complexity index is 201. The number of carbonyl (C=O) groups excluding carboxylic acids is 1. The molecule has 1 N–H and O–H groups in total. The van der Waals surface area contributed by atoms with Crippen LogP contribution in [0.25, 0.3) is 0 Å². The molecule has 0 saturated heterocycles. The molecule has 1 aliphatic carbocycles. The molecule has 1 rings (SSSR count). The molecular formula is C11H21NO2. The predicted molar refractivity (Wildman–Crippen MR) is 56.1 cm³/mol. The third kappa shape index (κ3) is 2.08. The molecule has 3 nitrogen and oxygen atoms in total. The molecule has 1 saturated carbocycles. The molecule has 0 heterocycles. The second-order valence-electron chi connectivity index (χ2n) is 3.85. The number of likely N-dealkylation sites (N-methyl/N-ethyl adjacent to an activating group) is 1. The molecule has 0 spiro atoms. The van der Waals surface area contributed by atoms with Gasteiger partial charge in [0.1, 0.15) is 5.54 Å². The molecule has 0 aromatic rings. The fourth-order valence-corrected chi connectivity index (χ4v) is 2.09. The van der Waals surface area contributed by atoms with E-state index in [4.69, 9.17) is 4.74 Å². The zero-order valence-electron chi connectivity index (χ0n) is 9.43. The van der Waals surface area contributed by atoms with Gasteiger partial charge >= 0.3 is 5.97 Å². The summed E-state index contributed by atoms with van der Waals surface area (Å²) in [4.78, 5) is 11.9. The van der Waals surface area contributed by atoms with Gasteiger partial charge in [0.2, 0.25) is 0 Å². The van der Waals surface area contributed by atoms with Crippen molar-refractivity contribution in [1.29, 1.82) is 0 Å². The number of carbonyl (C=O) groups is 1. The lowest BCUT2D eigenvalue weighted by Gasteiger charge is -2.31. The van der Waals surface area contributed by atoms with E-state index in [0.717, 1.165) is 25.8 Å². The van der Waals surface area contributed by atoms with Gasteiger partial charge in [-0.15, -0.1) is 0 Å². The summed E-state index contributed by atoms with van der Waals surface area (Å²) in [6.07, 6.45) is 3.13. The maximum absolute atomic E-state index is 11.9. The van der Waals surface area contributed by atoms with Crippen LogP contribution >= 0.6 is 0 Å². The quantitative estimate of drug-likeness (QED) is 0.662. The van der Waals surface area contributed by atoms with Crippen LogP contribution in [0.15, 0.2) is 0 Å². The van der Waals surface area contributed by atoms with E-state index in [0.29, 0.717) is 12.5 Å². The maximum atomic E-state index is 11.9. The fourth-order valence-electron chi connectivity index (χ4n) is 2.09. The molecule has 1 unspecified atom stereocenters. The van der Waals surface area contributed by atoms with E-state index in [-0.39, 0.29) is 5.97 Å². The summed E-state index contributed by atoms with van der Waals surface area (Å²) in [5.41, 5.74) is -0.398. The lowest BCUT2D eigenvalue weighted by Crippen LogP contribution is -2.54. The monoisotopic (exact) mass is 199 g/mol. The molecule has 0 aromatic heterocycles.